The molecule has 0 amide bonds. The van der Waals surface area contributed by atoms with Gasteiger partial charge in [0.1, 0.15) is 0 Å². The van der Waals surface area contributed by atoms with Crippen LogP contribution in [0.15, 0.2) is 48.5 Å². The van der Waals surface area contributed by atoms with Crippen LogP contribution in [0.4, 0.5) is 0 Å². The van der Waals surface area contributed by atoms with Crippen molar-refractivity contribution < 1.29 is 0 Å². The van der Waals surface area contributed by atoms with Gasteiger partial charge in [0.25, 0.3) is 0 Å². The second-order valence-corrected chi connectivity index (χ2v) is 8.43. The van der Waals surface area contributed by atoms with Gasteiger partial charge in [-0.05, 0) is 55.8 Å². The fourth-order valence-electron chi connectivity index (χ4n) is 4.48. The molecule has 0 heteroatoms. The molecule has 1 aliphatic carbocycles. The lowest BCUT2D eigenvalue weighted by Crippen LogP contribution is -2.46. The molecule has 3 aromatic rings. The third kappa shape index (κ3) is 1.84. The fourth-order valence-corrected chi connectivity index (χ4v) is 4.48. The lowest BCUT2D eigenvalue weighted by atomic mass is 9.53. The maximum absolute atomic E-state index is 2.44. The maximum Gasteiger partial charge on any atom is -0.00468 e. The molecule has 1 atom stereocenters. The van der Waals surface area contributed by atoms with Gasteiger partial charge < -0.3 is 0 Å². The third-order valence-corrected chi connectivity index (χ3v) is 7.06. The second kappa shape index (κ2) is 4.60. The Hall–Kier alpha value is -1.82. The number of fused-ring (bicyclic) bond motifs is 5. The van der Waals surface area contributed by atoms with Crippen molar-refractivity contribution in [3.05, 3.63) is 59.7 Å². The maximum atomic E-state index is 2.44. The quantitative estimate of drug-likeness (QED) is 0.416. The zero-order valence-corrected chi connectivity index (χ0v) is 14.9. The molecule has 0 saturated heterocycles. The number of rotatable bonds is 0. The molecule has 1 aliphatic rings. The summed E-state index contributed by atoms with van der Waals surface area (Å²) in [6, 6.07) is 18.1. The number of hydrogen-bond donors (Lipinski definition) is 0. The van der Waals surface area contributed by atoms with Crippen molar-refractivity contribution in [2.45, 2.75) is 46.5 Å². The van der Waals surface area contributed by atoms with Gasteiger partial charge in [0.15, 0.2) is 0 Å². The van der Waals surface area contributed by atoms with Crippen molar-refractivity contribution in [3.8, 4) is 0 Å². The fraction of sp³-hybridized carbons (Fsp3) is 0.391. The van der Waals surface area contributed by atoms with Gasteiger partial charge in [0.2, 0.25) is 0 Å². The Kier molecular flexibility index (Phi) is 2.95. The topological polar surface area (TPSA) is 0 Å². The van der Waals surface area contributed by atoms with Gasteiger partial charge >= 0.3 is 0 Å². The monoisotopic (exact) mass is 302 g/mol. The SMILES string of the molecule is CC1Cc2c(ccc3c2ccc2ccccc23)C(C)(C)C1(C)C. The average molecular weight is 302 g/mol. The van der Waals surface area contributed by atoms with Crippen molar-refractivity contribution in [1.29, 1.82) is 0 Å². The van der Waals surface area contributed by atoms with Crippen molar-refractivity contribution in [3.63, 3.8) is 0 Å². The predicted molar refractivity (Wildman–Crippen MR) is 101 cm³/mol. The zero-order chi connectivity index (χ0) is 16.4. The Morgan fingerprint density at radius 1 is 0.783 bits per heavy atom. The van der Waals surface area contributed by atoms with Gasteiger partial charge in [0, 0.05) is 0 Å². The first-order chi connectivity index (χ1) is 10.8. The average Bonchev–Trinajstić information content (AvgIpc) is 2.53. The largest absolute Gasteiger partial charge is 0.0616 e. The van der Waals surface area contributed by atoms with Crippen molar-refractivity contribution in [1.82, 2.24) is 0 Å². The van der Waals surface area contributed by atoms with Crippen LogP contribution in [0.25, 0.3) is 21.5 Å². The zero-order valence-electron chi connectivity index (χ0n) is 14.9. The van der Waals surface area contributed by atoms with Crippen LogP contribution in [0.2, 0.25) is 0 Å². The molecule has 1 unspecified atom stereocenters. The van der Waals surface area contributed by atoms with E-state index in [-0.39, 0.29) is 5.41 Å². The van der Waals surface area contributed by atoms with Gasteiger partial charge in [0.05, 0.1) is 0 Å². The van der Waals surface area contributed by atoms with E-state index >= 15 is 0 Å². The molecule has 0 nitrogen and oxygen atoms in total. The molecule has 0 bridgehead atoms. The highest BCUT2D eigenvalue weighted by Gasteiger charge is 2.46. The molecular weight excluding hydrogens is 276 g/mol. The molecule has 0 heterocycles. The summed E-state index contributed by atoms with van der Waals surface area (Å²) in [6.45, 7) is 12.1. The van der Waals surface area contributed by atoms with E-state index in [0.717, 1.165) is 0 Å². The first-order valence-corrected chi connectivity index (χ1v) is 8.78. The lowest BCUT2D eigenvalue weighted by molar-refractivity contribution is 0.0981. The predicted octanol–water partition coefficient (Wildman–Crippen LogP) is 6.49. The summed E-state index contributed by atoms with van der Waals surface area (Å²) in [5, 5.41) is 5.58. The highest BCUT2D eigenvalue weighted by molar-refractivity contribution is 6.08. The van der Waals surface area contributed by atoms with Crippen LogP contribution in [-0.4, -0.2) is 0 Å². The molecule has 0 fully saturated rings. The number of benzene rings is 3. The standard InChI is InChI=1S/C23H26/c1-15-14-20-19-11-10-16-8-6-7-9-17(16)18(19)12-13-21(20)23(4,5)22(15,2)3/h6-13,15H,14H2,1-5H3. The molecule has 0 saturated carbocycles. The first-order valence-electron chi connectivity index (χ1n) is 8.78. The summed E-state index contributed by atoms with van der Waals surface area (Å²) < 4.78 is 0. The van der Waals surface area contributed by atoms with E-state index < -0.39 is 0 Å². The van der Waals surface area contributed by atoms with E-state index in [1.807, 2.05) is 0 Å². The Morgan fingerprint density at radius 2 is 1.48 bits per heavy atom. The van der Waals surface area contributed by atoms with Crippen molar-refractivity contribution in [2.75, 3.05) is 0 Å². The van der Waals surface area contributed by atoms with Crippen molar-refractivity contribution >= 4 is 21.5 Å². The van der Waals surface area contributed by atoms with Crippen LogP contribution in [0.3, 0.4) is 0 Å². The molecule has 0 aromatic heterocycles. The van der Waals surface area contributed by atoms with Gasteiger partial charge in [-0.2, -0.15) is 0 Å². The van der Waals surface area contributed by atoms with Crippen LogP contribution in [0.1, 0.15) is 45.7 Å². The third-order valence-electron chi connectivity index (χ3n) is 7.06. The van der Waals surface area contributed by atoms with E-state index in [1.165, 1.54) is 28.0 Å². The minimum Gasteiger partial charge on any atom is -0.0616 e. The Morgan fingerprint density at radius 3 is 2.26 bits per heavy atom. The Balaban J connectivity index is 2.09. The molecule has 3 aromatic carbocycles. The molecule has 0 spiro atoms. The minimum absolute atomic E-state index is 0.194. The summed E-state index contributed by atoms with van der Waals surface area (Å²) in [5.74, 6) is 0.682. The van der Waals surface area contributed by atoms with E-state index in [4.69, 9.17) is 0 Å². The lowest BCUT2D eigenvalue weighted by Gasteiger charge is -2.51. The normalized spacial score (nSPS) is 22.2. The summed E-state index contributed by atoms with van der Waals surface area (Å²) in [6.07, 6.45) is 1.18. The molecule has 118 valence electrons. The molecular formula is C23H26. The molecule has 4 rings (SSSR count). The van der Waals surface area contributed by atoms with Gasteiger partial charge in [-0.1, -0.05) is 83.1 Å². The first kappa shape index (κ1) is 14.8. The van der Waals surface area contributed by atoms with Crippen LogP contribution in [0.5, 0.6) is 0 Å². The summed E-state index contributed by atoms with van der Waals surface area (Å²) in [4.78, 5) is 0. The smallest absolute Gasteiger partial charge is 0.00468 e. The van der Waals surface area contributed by atoms with Crippen LogP contribution >= 0.6 is 0 Å². The highest BCUT2D eigenvalue weighted by atomic mass is 14.5. The van der Waals surface area contributed by atoms with Crippen LogP contribution in [0, 0.1) is 11.3 Å². The van der Waals surface area contributed by atoms with Crippen molar-refractivity contribution in [2.24, 2.45) is 11.3 Å². The van der Waals surface area contributed by atoms with Gasteiger partial charge in [-0.3, -0.25) is 0 Å². The van der Waals surface area contributed by atoms with E-state index in [1.54, 1.807) is 11.1 Å². The molecule has 0 radical (unpaired) electrons. The van der Waals surface area contributed by atoms with Gasteiger partial charge in [-0.25, -0.2) is 0 Å². The van der Waals surface area contributed by atoms with Crippen LogP contribution < -0.4 is 0 Å². The molecule has 23 heavy (non-hydrogen) atoms. The van der Waals surface area contributed by atoms with E-state index in [2.05, 4.69) is 83.1 Å². The number of hydrogen-bond acceptors (Lipinski definition) is 0. The Labute approximate surface area is 139 Å². The summed E-state index contributed by atoms with van der Waals surface area (Å²) >= 11 is 0. The minimum atomic E-state index is 0.194. The van der Waals surface area contributed by atoms with E-state index in [9.17, 15) is 0 Å². The van der Waals surface area contributed by atoms with Gasteiger partial charge in [-0.15, -0.1) is 0 Å². The molecule has 0 N–H and O–H groups in total. The van der Waals surface area contributed by atoms with Crippen LogP contribution in [-0.2, 0) is 11.8 Å². The summed E-state index contributed by atoms with van der Waals surface area (Å²) in [5.41, 5.74) is 3.62. The summed E-state index contributed by atoms with van der Waals surface area (Å²) in [7, 11) is 0. The molecule has 0 aliphatic heterocycles. The van der Waals surface area contributed by atoms with E-state index in [0.29, 0.717) is 11.3 Å². The second-order valence-electron chi connectivity index (χ2n) is 8.43. The Bertz CT molecular complexity index is 912. The highest BCUT2D eigenvalue weighted by Crippen LogP contribution is 2.53.